The van der Waals surface area contributed by atoms with E-state index in [1.165, 1.54) is 0 Å². The van der Waals surface area contributed by atoms with Crippen LogP contribution in [0.3, 0.4) is 0 Å². The number of rotatable bonds is 3. The summed E-state index contributed by atoms with van der Waals surface area (Å²) in [5.74, 6) is 0.138. The van der Waals surface area contributed by atoms with Gasteiger partial charge < -0.3 is 9.80 Å². The van der Waals surface area contributed by atoms with Crippen LogP contribution in [0.25, 0.3) is 0 Å². The highest BCUT2D eigenvalue weighted by Gasteiger charge is 2.27. The Bertz CT molecular complexity index is 216. The maximum Gasteiger partial charge on any atom is 0.242 e. The van der Waals surface area contributed by atoms with E-state index in [4.69, 9.17) is 0 Å². The molecule has 1 aliphatic rings. The molecule has 1 rings (SSSR count). The topological polar surface area (TPSA) is 40.6 Å². The Labute approximate surface area is 78.5 Å². The maximum absolute atomic E-state index is 11.4. The number of likely N-dealkylation sites (N-methyl/N-ethyl adjacent to an activating group) is 1. The van der Waals surface area contributed by atoms with Crippen LogP contribution >= 0.6 is 0 Å². The van der Waals surface area contributed by atoms with Gasteiger partial charge in [-0.1, -0.05) is 6.92 Å². The van der Waals surface area contributed by atoms with Crippen molar-refractivity contribution in [2.45, 2.75) is 20.3 Å². The molecule has 0 spiro atoms. The third-order valence-corrected chi connectivity index (χ3v) is 2.23. The van der Waals surface area contributed by atoms with Crippen LogP contribution in [0.15, 0.2) is 0 Å². The molecule has 4 heteroatoms. The quantitative estimate of drug-likeness (QED) is 0.623. The van der Waals surface area contributed by atoms with Gasteiger partial charge in [-0.3, -0.25) is 9.59 Å². The molecule has 0 saturated carbocycles. The van der Waals surface area contributed by atoms with E-state index in [-0.39, 0.29) is 24.9 Å². The number of amides is 2. The third-order valence-electron chi connectivity index (χ3n) is 2.23. The van der Waals surface area contributed by atoms with Crippen LogP contribution in [0.1, 0.15) is 20.3 Å². The van der Waals surface area contributed by atoms with E-state index in [0.29, 0.717) is 13.1 Å². The predicted molar refractivity (Wildman–Crippen MR) is 49.1 cm³/mol. The molecule has 1 heterocycles. The highest BCUT2D eigenvalue weighted by molar-refractivity contribution is 5.92. The SMILES string of the molecule is CCCN1CC(=O)N(CC)CC1=O. The maximum atomic E-state index is 11.4. The minimum absolute atomic E-state index is 0.0653. The van der Waals surface area contributed by atoms with Crippen LogP contribution < -0.4 is 0 Å². The monoisotopic (exact) mass is 184 g/mol. The van der Waals surface area contributed by atoms with E-state index in [1.54, 1.807) is 9.80 Å². The zero-order valence-electron chi connectivity index (χ0n) is 8.25. The second kappa shape index (κ2) is 4.25. The molecule has 0 aliphatic carbocycles. The summed E-state index contributed by atoms with van der Waals surface area (Å²) in [6, 6.07) is 0. The lowest BCUT2D eigenvalue weighted by Gasteiger charge is -2.33. The molecule has 13 heavy (non-hydrogen) atoms. The van der Waals surface area contributed by atoms with Gasteiger partial charge in [0.2, 0.25) is 11.8 Å². The molecule has 1 fully saturated rings. The van der Waals surface area contributed by atoms with Crippen molar-refractivity contribution in [3.8, 4) is 0 Å². The van der Waals surface area contributed by atoms with Crippen LogP contribution in [-0.4, -0.2) is 47.8 Å². The fourth-order valence-electron chi connectivity index (χ4n) is 1.46. The summed E-state index contributed by atoms with van der Waals surface area (Å²) in [7, 11) is 0. The standard InChI is InChI=1S/C9H16N2O2/c1-3-5-11-7-8(12)10(4-2)6-9(11)13/h3-7H2,1-2H3. The minimum Gasteiger partial charge on any atom is -0.332 e. The summed E-state index contributed by atoms with van der Waals surface area (Å²) in [4.78, 5) is 26.0. The zero-order chi connectivity index (χ0) is 9.84. The number of hydrogen-bond acceptors (Lipinski definition) is 2. The number of piperazine rings is 1. The lowest BCUT2D eigenvalue weighted by molar-refractivity contribution is -0.149. The second-order valence-corrected chi connectivity index (χ2v) is 3.22. The van der Waals surface area contributed by atoms with E-state index in [1.807, 2.05) is 13.8 Å². The molecule has 0 aromatic rings. The van der Waals surface area contributed by atoms with Crippen LogP contribution in [0.4, 0.5) is 0 Å². The molecular weight excluding hydrogens is 168 g/mol. The van der Waals surface area contributed by atoms with Crippen molar-refractivity contribution in [2.24, 2.45) is 0 Å². The lowest BCUT2D eigenvalue weighted by Crippen LogP contribution is -2.53. The molecule has 1 saturated heterocycles. The molecule has 0 N–H and O–H groups in total. The normalized spacial score (nSPS) is 18.3. The van der Waals surface area contributed by atoms with Gasteiger partial charge in [-0.15, -0.1) is 0 Å². The molecule has 0 bridgehead atoms. The van der Waals surface area contributed by atoms with Gasteiger partial charge in [-0.25, -0.2) is 0 Å². The first-order chi connectivity index (χ1) is 6.19. The van der Waals surface area contributed by atoms with Gasteiger partial charge >= 0.3 is 0 Å². The van der Waals surface area contributed by atoms with Gasteiger partial charge in [-0.05, 0) is 13.3 Å². The van der Waals surface area contributed by atoms with Crippen molar-refractivity contribution in [3.05, 3.63) is 0 Å². The molecule has 0 radical (unpaired) electrons. The van der Waals surface area contributed by atoms with Crippen molar-refractivity contribution in [1.29, 1.82) is 0 Å². The molecule has 0 atom stereocenters. The molecule has 2 amide bonds. The molecule has 0 aromatic heterocycles. The smallest absolute Gasteiger partial charge is 0.242 e. The second-order valence-electron chi connectivity index (χ2n) is 3.22. The highest BCUT2D eigenvalue weighted by Crippen LogP contribution is 2.04. The fourth-order valence-corrected chi connectivity index (χ4v) is 1.46. The average Bonchev–Trinajstić information content (AvgIpc) is 2.11. The molecule has 4 nitrogen and oxygen atoms in total. The minimum atomic E-state index is 0.0653. The number of carbonyl (C=O) groups is 2. The Morgan fingerprint density at radius 3 is 2.15 bits per heavy atom. The van der Waals surface area contributed by atoms with Crippen molar-refractivity contribution >= 4 is 11.8 Å². The Balaban J connectivity index is 2.56. The van der Waals surface area contributed by atoms with E-state index in [0.717, 1.165) is 6.42 Å². The molecule has 0 aromatic carbocycles. The van der Waals surface area contributed by atoms with Crippen molar-refractivity contribution in [2.75, 3.05) is 26.2 Å². The molecular formula is C9H16N2O2. The van der Waals surface area contributed by atoms with Crippen molar-refractivity contribution in [3.63, 3.8) is 0 Å². The number of carbonyl (C=O) groups excluding carboxylic acids is 2. The molecule has 0 unspecified atom stereocenters. The summed E-state index contributed by atoms with van der Waals surface area (Å²) in [5, 5.41) is 0. The first-order valence-electron chi connectivity index (χ1n) is 4.74. The number of hydrogen-bond donors (Lipinski definition) is 0. The Morgan fingerprint density at radius 2 is 1.62 bits per heavy atom. The Morgan fingerprint density at radius 1 is 1.08 bits per heavy atom. The van der Waals surface area contributed by atoms with Gasteiger partial charge in [0.05, 0.1) is 13.1 Å². The summed E-state index contributed by atoms with van der Waals surface area (Å²) in [6.45, 7) is 5.74. The van der Waals surface area contributed by atoms with Crippen LogP contribution in [-0.2, 0) is 9.59 Å². The van der Waals surface area contributed by atoms with Gasteiger partial charge in [0, 0.05) is 13.1 Å². The largest absolute Gasteiger partial charge is 0.332 e. The van der Waals surface area contributed by atoms with E-state index >= 15 is 0 Å². The van der Waals surface area contributed by atoms with Crippen LogP contribution in [0, 0.1) is 0 Å². The van der Waals surface area contributed by atoms with Crippen molar-refractivity contribution < 1.29 is 9.59 Å². The predicted octanol–water partition coefficient (Wildman–Crippen LogP) is 0.0871. The Hall–Kier alpha value is -1.06. The van der Waals surface area contributed by atoms with E-state index in [2.05, 4.69) is 0 Å². The molecule has 1 aliphatic heterocycles. The van der Waals surface area contributed by atoms with E-state index in [9.17, 15) is 9.59 Å². The third kappa shape index (κ3) is 2.20. The van der Waals surface area contributed by atoms with Gasteiger partial charge in [0.15, 0.2) is 0 Å². The lowest BCUT2D eigenvalue weighted by atomic mass is 10.3. The molecule has 74 valence electrons. The van der Waals surface area contributed by atoms with Crippen LogP contribution in [0.5, 0.6) is 0 Å². The number of nitrogens with zero attached hydrogens (tertiary/aromatic N) is 2. The van der Waals surface area contributed by atoms with Gasteiger partial charge in [0.1, 0.15) is 0 Å². The fraction of sp³-hybridized carbons (Fsp3) is 0.778. The first-order valence-corrected chi connectivity index (χ1v) is 4.74. The zero-order valence-corrected chi connectivity index (χ0v) is 8.25. The summed E-state index contributed by atoms with van der Waals surface area (Å²) < 4.78 is 0. The average molecular weight is 184 g/mol. The van der Waals surface area contributed by atoms with Gasteiger partial charge in [-0.2, -0.15) is 0 Å². The first kappa shape index (κ1) is 10.0. The highest BCUT2D eigenvalue weighted by atomic mass is 16.2. The summed E-state index contributed by atoms with van der Waals surface area (Å²) in [5.41, 5.74) is 0. The van der Waals surface area contributed by atoms with Crippen LogP contribution in [0.2, 0.25) is 0 Å². The van der Waals surface area contributed by atoms with E-state index < -0.39 is 0 Å². The van der Waals surface area contributed by atoms with Gasteiger partial charge in [0.25, 0.3) is 0 Å². The summed E-state index contributed by atoms with van der Waals surface area (Å²) >= 11 is 0. The Kier molecular flexibility index (Phi) is 3.28. The van der Waals surface area contributed by atoms with Crippen molar-refractivity contribution in [1.82, 2.24) is 9.80 Å². The summed E-state index contributed by atoms with van der Waals surface area (Å²) in [6.07, 6.45) is 0.908.